The van der Waals surface area contributed by atoms with Gasteiger partial charge in [0.1, 0.15) is 0 Å². The molecule has 0 bridgehead atoms. The fourth-order valence-corrected chi connectivity index (χ4v) is 3.18. The molecule has 0 saturated carbocycles. The van der Waals surface area contributed by atoms with Crippen LogP contribution in [-0.4, -0.2) is 54.6 Å². The smallest absolute Gasteiger partial charge is 0.216 e. The Kier molecular flexibility index (Phi) is 4.03. The van der Waals surface area contributed by atoms with Gasteiger partial charge in [0.2, 0.25) is 10.0 Å². The van der Waals surface area contributed by atoms with E-state index in [1.165, 1.54) is 0 Å². The Morgan fingerprint density at radius 3 is 1.75 bits per heavy atom. The molecule has 96 valence electrons. The van der Waals surface area contributed by atoms with E-state index >= 15 is 0 Å². The van der Waals surface area contributed by atoms with Crippen molar-refractivity contribution in [1.29, 1.82) is 0 Å². The van der Waals surface area contributed by atoms with E-state index in [0.717, 1.165) is 13.1 Å². The molecule has 4 nitrogen and oxygen atoms in total. The maximum Gasteiger partial charge on any atom is 0.216 e. The number of sulfonamides is 1. The molecule has 0 N–H and O–H groups in total. The zero-order chi connectivity index (χ0) is 12.6. The molecule has 0 radical (unpaired) electrons. The highest BCUT2D eigenvalue weighted by molar-refractivity contribution is 7.89. The van der Waals surface area contributed by atoms with Gasteiger partial charge in [0.15, 0.2) is 0 Å². The summed E-state index contributed by atoms with van der Waals surface area (Å²) in [4.78, 5) is 2.33. The minimum absolute atomic E-state index is 0.133. The standard InChI is InChI=1S/C11H24N2O2S/c1-10(2)16(14,15)13-8-6-12(7-9-13)11(3,4)5/h10H,6-9H2,1-5H3. The topological polar surface area (TPSA) is 40.6 Å². The van der Waals surface area contributed by atoms with E-state index in [1.54, 1.807) is 18.2 Å². The van der Waals surface area contributed by atoms with Crippen LogP contribution in [0.3, 0.4) is 0 Å². The van der Waals surface area contributed by atoms with Gasteiger partial charge in [-0.1, -0.05) is 0 Å². The van der Waals surface area contributed by atoms with E-state index in [0.29, 0.717) is 13.1 Å². The van der Waals surface area contributed by atoms with Gasteiger partial charge in [0.05, 0.1) is 5.25 Å². The lowest BCUT2D eigenvalue weighted by molar-refractivity contribution is 0.0919. The Morgan fingerprint density at radius 1 is 1.00 bits per heavy atom. The van der Waals surface area contributed by atoms with Gasteiger partial charge in [0.25, 0.3) is 0 Å². The molecule has 0 aromatic rings. The van der Waals surface area contributed by atoms with Crippen LogP contribution in [0.1, 0.15) is 34.6 Å². The fourth-order valence-electron chi connectivity index (χ4n) is 1.91. The van der Waals surface area contributed by atoms with Crippen LogP contribution >= 0.6 is 0 Å². The predicted octanol–water partition coefficient (Wildman–Crippen LogP) is 1.14. The average molecular weight is 248 g/mol. The first kappa shape index (κ1) is 13.9. The van der Waals surface area contributed by atoms with E-state index in [2.05, 4.69) is 25.7 Å². The van der Waals surface area contributed by atoms with Crippen molar-refractivity contribution in [2.24, 2.45) is 0 Å². The third-order valence-corrected chi connectivity index (χ3v) is 5.42. The van der Waals surface area contributed by atoms with Gasteiger partial charge in [0, 0.05) is 31.7 Å². The van der Waals surface area contributed by atoms with Crippen LogP contribution < -0.4 is 0 Å². The summed E-state index contributed by atoms with van der Waals surface area (Å²) >= 11 is 0. The molecule has 1 heterocycles. The molecule has 1 fully saturated rings. The molecule has 5 heteroatoms. The molecular formula is C11H24N2O2S. The second-order valence-electron chi connectivity index (χ2n) is 5.65. The first-order chi connectivity index (χ1) is 7.15. The molecule has 1 rings (SSSR count). The lowest BCUT2D eigenvalue weighted by atomic mass is 10.1. The molecule has 0 aromatic heterocycles. The molecule has 0 atom stereocenters. The number of rotatable bonds is 2. The predicted molar refractivity (Wildman–Crippen MR) is 67.0 cm³/mol. The summed E-state index contributed by atoms with van der Waals surface area (Å²) in [5, 5.41) is -0.311. The number of hydrogen-bond acceptors (Lipinski definition) is 3. The molecule has 0 aliphatic carbocycles. The number of hydrogen-bond donors (Lipinski definition) is 0. The van der Waals surface area contributed by atoms with E-state index in [-0.39, 0.29) is 10.8 Å². The molecular weight excluding hydrogens is 224 g/mol. The highest BCUT2D eigenvalue weighted by atomic mass is 32.2. The van der Waals surface area contributed by atoms with Crippen molar-refractivity contribution in [2.75, 3.05) is 26.2 Å². The summed E-state index contributed by atoms with van der Waals surface area (Å²) in [5.41, 5.74) is 0.133. The van der Waals surface area contributed by atoms with Crippen LogP contribution in [0, 0.1) is 0 Å². The van der Waals surface area contributed by atoms with Gasteiger partial charge >= 0.3 is 0 Å². The minimum atomic E-state index is -3.06. The highest BCUT2D eigenvalue weighted by Crippen LogP contribution is 2.18. The van der Waals surface area contributed by atoms with Gasteiger partial charge < -0.3 is 0 Å². The van der Waals surface area contributed by atoms with Crippen molar-refractivity contribution in [3.63, 3.8) is 0 Å². The third-order valence-electron chi connectivity index (χ3n) is 3.14. The number of piperazine rings is 1. The van der Waals surface area contributed by atoms with E-state index in [9.17, 15) is 8.42 Å². The van der Waals surface area contributed by atoms with Crippen LogP contribution in [0.4, 0.5) is 0 Å². The molecule has 0 aromatic carbocycles. The molecule has 0 unspecified atom stereocenters. The lowest BCUT2D eigenvalue weighted by Gasteiger charge is -2.42. The summed E-state index contributed by atoms with van der Waals surface area (Å²) in [5.74, 6) is 0. The van der Waals surface area contributed by atoms with Crippen molar-refractivity contribution in [3.05, 3.63) is 0 Å². The average Bonchev–Trinajstić information content (AvgIpc) is 2.16. The van der Waals surface area contributed by atoms with E-state index in [4.69, 9.17) is 0 Å². The van der Waals surface area contributed by atoms with Gasteiger partial charge in [-0.2, -0.15) is 4.31 Å². The highest BCUT2D eigenvalue weighted by Gasteiger charge is 2.32. The monoisotopic (exact) mass is 248 g/mol. The van der Waals surface area contributed by atoms with Crippen LogP contribution in [0.15, 0.2) is 0 Å². The van der Waals surface area contributed by atoms with Gasteiger partial charge in [-0.25, -0.2) is 8.42 Å². The summed E-state index contributed by atoms with van der Waals surface area (Å²) in [6, 6.07) is 0. The second-order valence-corrected chi connectivity index (χ2v) is 8.14. The van der Waals surface area contributed by atoms with Crippen molar-refractivity contribution in [1.82, 2.24) is 9.21 Å². The van der Waals surface area contributed by atoms with E-state index in [1.807, 2.05) is 0 Å². The summed E-state index contributed by atoms with van der Waals surface area (Å²) < 4.78 is 25.5. The van der Waals surface area contributed by atoms with Crippen LogP contribution in [0.5, 0.6) is 0 Å². The van der Waals surface area contributed by atoms with Crippen LogP contribution in [-0.2, 0) is 10.0 Å². The third kappa shape index (κ3) is 2.96. The Balaban J connectivity index is 2.63. The Labute approximate surface area is 99.7 Å². The summed E-state index contributed by atoms with van der Waals surface area (Å²) in [7, 11) is -3.06. The SMILES string of the molecule is CC(C)S(=O)(=O)N1CCN(C(C)(C)C)CC1. The zero-order valence-electron chi connectivity index (χ0n) is 11.0. The maximum absolute atomic E-state index is 11.9. The molecule has 1 saturated heterocycles. The maximum atomic E-state index is 11.9. The molecule has 1 aliphatic heterocycles. The van der Waals surface area contributed by atoms with Crippen LogP contribution in [0.25, 0.3) is 0 Å². The zero-order valence-corrected chi connectivity index (χ0v) is 11.8. The van der Waals surface area contributed by atoms with Gasteiger partial charge in [-0.15, -0.1) is 0 Å². The number of nitrogens with zero attached hydrogens (tertiary/aromatic N) is 2. The van der Waals surface area contributed by atoms with Crippen molar-refractivity contribution >= 4 is 10.0 Å². The summed E-state index contributed by atoms with van der Waals surface area (Å²) in [6.45, 7) is 12.9. The van der Waals surface area contributed by atoms with Crippen molar-refractivity contribution in [3.8, 4) is 0 Å². The lowest BCUT2D eigenvalue weighted by Crippen LogP contribution is -2.55. The Bertz CT molecular complexity index is 322. The fraction of sp³-hybridized carbons (Fsp3) is 1.00. The van der Waals surface area contributed by atoms with Gasteiger partial charge in [-0.05, 0) is 34.6 Å². The van der Waals surface area contributed by atoms with Crippen molar-refractivity contribution < 1.29 is 8.42 Å². The van der Waals surface area contributed by atoms with Crippen molar-refractivity contribution in [2.45, 2.75) is 45.4 Å². The second kappa shape index (κ2) is 4.63. The summed E-state index contributed by atoms with van der Waals surface area (Å²) in [6.07, 6.45) is 0. The normalized spacial score (nSPS) is 21.6. The van der Waals surface area contributed by atoms with Gasteiger partial charge in [-0.3, -0.25) is 4.90 Å². The molecule has 16 heavy (non-hydrogen) atoms. The first-order valence-corrected chi connectivity index (χ1v) is 7.40. The quantitative estimate of drug-likeness (QED) is 0.736. The molecule has 1 aliphatic rings. The first-order valence-electron chi connectivity index (χ1n) is 5.89. The van der Waals surface area contributed by atoms with Crippen LogP contribution in [0.2, 0.25) is 0 Å². The molecule has 0 amide bonds. The van der Waals surface area contributed by atoms with E-state index < -0.39 is 10.0 Å². The molecule has 0 spiro atoms. The largest absolute Gasteiger partial charge is 0.296 e. The minimum Gasteiger partial charge on any atom is -0.296 e. The Hall–Kier alpha value is -0.130. The Morgan fingerprint density at radius 2 is 1.44 bits per heavy atom.